The van der Waals surface area contributed by atoms with Crippen LogP contribution in [0.3, 0.4) is 0 Å². The molecular formula is C14H16O3. The number of hydrogen-bond donors (Lipinski definition) is 0. The van der Waals surface area contributed by atoms with Gasteiger partial charge >= 0.3 is 5.97 Å². The number of benzene rings is 1. The summed E-state index contributed by atoms with van der Waals surface area (Å²) in [4.78, 5) is 22.6. The molecule has 90 valence electrons. The number of hydrogen-bond acceptors (Lipinski definition) is 3. The van der Waals surface area contributed by atoms with Crippen LogP contribution in [-0.4, -0.2) is 17.9 Å². The van der Waals surface area contributed by atoms with E-state index in [1.165, 1.54) is 12.5 Å². The van der Waals surface area contributed by atoms with Crippen LogP contribution in [0.15, 0.2) is 30.3 Å². The maximum atomic E-state index is 11.4. The summed E-state index contributed by atoms with van der Waals surface area (Å²) in [5.41, 5.74) is 1.21. The Morgan fingerprint density at radius 3 is 2.71 bits per heavy atom. The van der Waals surface area contributed by atoms with Crippen LogP contribution in [0.2, 0.25) is 0 Å². The molecule has 0 N–H and O–H groups in total. The third kappa shape index (κ3) is 2.93. The number of aryl methyl sites for hydroxylation is 1. The van der Waals surface area contributed by atoms with E-state index in [1.54, 1.807) is 0 Å². The molecule has 0 aromatic heterocycles. The third-order valence-corrected chi connectivity index (χ3v) is 3.20. The summed E-state index contributed by atoms with van der Waals surface area (Å²) in [5, 5.41) is 0. The Bertz CT molecular complexity index is 411. The fourth-order valence-electron chi connectivity index (χ4n) is 2.23. The second-order valence-electron chi connectivity index (χ2n) is 4.47. The molecule has 17 heavy (non-hydrogen) atoms. The van der Waals surface area contributed by atoms with Crippen molar-refractivity contribution in [2.24, 2.45) is 5.92 Å². The number of ether oxygens (including phenoxy) is 1. The first-order valence-electron chi connectivity index (χ1n) is 5.90. The van der Waals surface area contributed by atoms with Gasteiger partial charge in [-0.3, -0.25) is 9.59 Å². The Morgan fingerprint density at radius 1 is 1.35 bits per heavy atom. The Labute approximate surface area is 101 Å². The van der Waals surface area contributed by atoms with E-state index in [1.807, 2.05) is 30.3 Å². The van der Waals surface area contributed by atoms with Gasteiger partial charge in [0.25, 0.3) is 0 Å². The van der Waals surface area contributed by atoms with Crippen LogP contribution in [0.5, 0.6) is 0 Å². The smallest absolute Gasteiger partial charge is 0.306 e. The minimum Gasteiger partial charge on any atom is -0.462 e. The first-order valence-corrected chi connectivity index (χ1v) is 5.90. The number of carbonyl (C=O) groups excluding carboxylic acids is 2. The molecule has 3 heteroatoms. The summed E-state index contributed by atoms with van der Waals surface area (Å²) in [6, 6.07) is 10.0. The molecule has 0 radical (unpaired) electrons. The number of carbonyl (C=O) groups is 2. The minimum atomic E-state index is -0.247. The molecule has 2 atom stereocenters. The van der Waals surface area contributed by atoms with E-state index in [2.05, 4.69) is 0 Å². The second kappa shape index (κ2) is 5.13. The molecule has 1 saturated heterocycles. The lowest BCUT2D eigenvalue weighted by Crippen LogP contribution is -2.22. The van der Waals surface area contributed by atoms with Gasteiger partial charge in [-0.15, -0.1) is 0 Å². The van der Waals surface area contributed by atoms with E-state index in [0.717, 1.165) is 12.8 Å². The molecule has 3 nitrogen and oxygen atoms in total. The maximum Gasteiger partial charge on any atom is 0.306 e. The van der Waals surface area contributed by atoms with Crippen molar-refractivity contribution < 1.29 is 14.3 Å². The average molecular weight is 232 g/mol. The van der Waals surface area contributed by atoms with Crippen LogP contribution in [0.4, 0.5) is 0 Å². The second-order valence-corrected chi connectivity index (χ2v) is 4.47. The molecule has 0 aliphatic carbocycles. The van der Waals surface area contributed by atoms with E-state index in [0.29, 0.717) is 0 Å². The molecule has 0 amide bonds. The van der Waals surface area contributed by atoms with E-state index in [9.17, 15) is 9.59 Å². The quantitative estimate of drug-likeness (QED) is 0.747. The standard InChI is InChI=1S/C14H16O3/c1-10(15)12-9-14(16)17-13(12)8-7-11-5-3-2-4-6-11/h2-6,12-13H,7-9H2,1H3/t12-,13-/m1/s1. The van der Waals surface area contributed by atoms with Gasteiger partial charge in [-0.1, -0.05) is 30.3 Å². The van der Waals surface area contributed by atoms with Gasteiger partial charge in [0.2, 0.25) is 0 Å². The summed E-state index contributed by atoms with van der Waals surface area (Å²) in [6.07, 6.45) is 1.57. The molecule has 1 aliphatic heterocycles. The van der Waals surface area contributed by atoms with Crippen molar-refractivity contribution in [2.75, 3.05) is 0 Å². The van der Waals surface area contributed by atoms with Crippen LogP contribution < -0.4 is 0 Å². The Kier molecular flexibility index (Phi) is 3.57. The lowest BCUT2D eigenvalue weighted by molar-refractivity contribution is -0.141. The van der Waals surface area contributed by atoms with Gasteiger partial charge in [-0.05, 0) is 25.3 Å². The zero-order valence-electron chi connectivity index (χ0n) is 9.89. The number of esters is 1. The summed E-state index contributed by atoms with van der Waals surface area (Å²) in [7, 11) is 0. The number of cyclic esters (lactones) is 1. The van der Waals surface area contributed by atoms with Crippen molar-refractivity contribution in [1.29, 1.82) is 0 Å². The van der Waals surface area contributed by atoms with E-state index in [-0.39, 0.29) is 30.2 Å². The minimum absolute atomic E-state index is 0.0499. The van der Waals surface area contributed by atoms with Crippen molar-refractivity contribution >= 4 is 11.8 Å². The summed E-state index contributed by atoms with van der Waals surface area (Å²) in [6.45, 7) is 1.53. The first-order chi connectivity index (χ1) is 8.16. The van der Waals surface area contributed by atoms with Gasteiger partial charge in [-0.2, -0.15) is 0 Å². The van der Waals surface area contributed by atoms with Crippen LogP contribution in [-0.2, 0) is 20.7 Å². The maximum absolute atomic E-state index is 11.4. The van der Waals surface area contributed by atoms with Crippen molar-refractivity contribution in [3.63, 3.8) is 0 Å². The van der Waals surface area contributed by atoms with E-state index in [4.69, 9.17) is 4.74 Å². The van der Waals surface area contributed by atoms with Gasteiger partial charge in [0.1, 0.15) is 11.9 Å². The van der Waals surface area contributed by atoms with Crippen LogP contribution in [0, 0.1) is 5.92 Å². The highest BCUT2D eigenvalue weighted by Crippen LogP contribution is 2.26. The Hall–Kier alpha value is -1.64. The van der Waals surface area contributed by atoms with E-state index >= 15 is 0 Å². The zero-order chi connectivity index (χ0) is 12.3. The van der Waals surface area contributed by atoms with Crippen LogP contribution >= 0.6 is 0 Å². The molecule has 1 heterocycles. The largest absolute Gasteiger partial charge is 0.462 e. The van der Waals surface area contributed by atoms with Gasteiger partial charge < -0.3 is 4.74 Å². The van der Waals surface area contributed by atoms with Crippen LogP contribution in [0.1, 0.15) is 25.3 Å². The molecule has 0 bridgehead atoms. The van der Waals surface area contributed by atoms with Crippen LogP contribution in [0.25, 0.3) is 0 Å². The van der Waals surface area contributed by atoms with Gasteiger partial charge in [0, 0.05) is 0 Å². The molecule has 1 aromatic rings. The van der Waals surface area contributed by atoms with Gasteiger partial charge in [-0.25, -0.2) is 0 Å². The topological polar surface area (TPSA) is 43.4 Å². The predicted octanol–water partition coefficient (Wildman–Crippen LogP) is 2.14. The number of ketones is 1. The Balaban J connectivity index is 1.94. The highest BCUT2D eigenvalue weighted by atomic mass is 16.5. The molecule has 0 saturated carbocycles. The van der Waals surface area contributed by atoms with Crippen molar-refractivity contribution in [3.05, 3.63) is 35.9 Å². The third-order valence-electron chi connectivity index (χ3n) is 3.20. The average Bonchev–Trinajstić information content (AvgIpc) is 2.69. The Morgan fingerprint density at radius 2 is 2.06 bits per heavy atom. The molecule has 1 aliphatic rings. The SMILES string of the molecule is CC(=O)[C@H]1CC(=O)O[C@@H]1CCc1ccccc1. The van der Waals surface area contributed by atoms with Gasteiger partial charge in [0.05, 0.1) is 12.3 Å². The summed E-state index contributed by atoms with van der Waals surface area (Å²) < 4.78 is 5.20. The molecule has 2 rings (SSSR count). The highest BCUT2D eigenvalue weighted by molar-refractivity contribution is 5.86. The zero-order valence-corrected chi connectivity index (χ0v) is 9.89. The van der Waals surface area contributed by atoms with E-state index < -0.39 is 0 Å². The molecule has 0 unspecified atom stereocenters. The van der Waals surface area contributed by atoms with Crippen molar-refractivity contribution in [3.8, 4) is 0 Å². The fourth-order valence-corrected chi connectivity index (χ4v) is 2.23. The van der Waals surface area contributed by atoms with Crippen molar-refractivity contribution in [1.82, 2.24) is 0 Å². The molecule has 1 fully saturated rings. The first kappa shape index (κ1) is 11.8. The van der Waals surface area contributed by atoms with Crippen molar-refractivity contribution in [2.45, 2.75) is 32.3 Å². The molecule has 1 aromatic carbocycles. The normalized spacial score (nSPS) is 23.5. The molecular weight excluding hydrogens is 216 g/mol. The van der Waals surface area contributed by atoms with Gasteiger partial charge in [0.15, 0.2) is 0 Å². The summed E-state index contributed by atoms with van der Waals surface area (Å²) in [5.74, 6) is -0.441. The lowest BCUT2D eigenvalue weighted by Gasteiger charge is -2.14. The fraction of sp³-hybridized carbons (Fsp3) is 0.429. The number of Topliss-reactive ketones (excluding diaryl/α,β-unsaturated/α-hetero) is 1. The monoisotopic (exact) mass is 232 g/mol. The number of rotatable bonds is 4. The predicted molar refractivity (Wildman–Crippen MR) is 63.4 cm³/mol. The molecule has 0 spiro atoms. The summed E-state index contributed by atoms with van der Waals surface area (Å²) >= 11 is 0. The lowest BCUT2D eigenvalue weighted by atomic mass is 9.93. The highest BCUT2D eigenvalue weighted by Gasteiger charge is 2.37.